The Kier molecular flexibility index (Phi) is 5.89. The van der Waals surface area contributed by atoms with E-state index < -0.39 is 11.7 Å². The molecule has 0 aliphatic heterocycles. The normalized spacial score (nSPS) is 10.9. The van der Waals surface area contributed by atoms with Crippen LogP contribution in [0.1, 0.15) is 29.8 Å². The van der Waals surface area contributed by atoms with E-state index in [0.717, 1.165) is 0 Å². The molecule has 0 saturated carbocycles. The molecule has 5 nitrogen and oxygen atoms in total. The van der Waals surface area contributed by atoms with Gasteiger partial charge >= 0.3 is 0 Å². The van der Waals surface area contributed by atoms with E-state index in [4.69, 9.17) is 9.47 Å². The number of amides is 1. The van der Waals surface area contributed by atoms with Crippen molar-refractivity contribution in [3.05, 3.63) is 59.4 Å². The highest BCUT2D eigenvalue weighted by Gasteiger charge is 2.11. The van der Waals surface area contributed by atoms with Gasteiger partial charge in [0.25, 0.3) is 5.91 Å². The lowest BCUT2D eigenvalue weighted by atomic mass is 10.2. The first-order chi connectivity index (χ1) is 11.5. The number of nitrogens with zero attached hydrogens (tertiary/aromatic N) is 1. The fourth-order valence-corrected chi connectivity index (χ4v) is 1.98. The van der Waals surface area contributed by atoms with E-state index in [0.29, 0.717) is 22.6 Å². The summed E-state index contributed by atoms with van der Waals surface area (Å²) in [5.74, 6) is 0.301. The highest BCUT2D eigenvalue weighted by atomic mass is 19.1. The fourth-order valence-electron chi connectivity index (χ4n) is 1.98. The van der Waals surface area contributed by atoms with E-state index in [2.05, 4.69) is 10.5 Å². The monoisotopic (exact) mass is 330 g/mol. The van der Waals surface area contributed by atoms with Crippen LogP contribution < -0.4 is 14.9 Å². The molecule has 0 saturated heterocycles. The van der Waals surface area contributed by atoms with Crippen molar-refractivity contribution in [2.24, 2.45) is 5.10 Å². The van der Waals surface area contributed by atoms with Crippen molar-refractivity contribution in [1.82, 2.24) is 5.43 Å². The van der Waals surface area contributed by atoms with Crippen LogP contribution in [0.4, 0.5) is 4.39 Å². The number of hydrogen-bond donors (Lipinski definition) is 1. The van der Waals surface area contributed by atoms with Crippen LogP contribution >= 0.6 is 0 Å². The summed E-state index contributed by atoms with van der Waals surface area (Å²) < 4.78 is 23.9. The predicted octanol–water partition coefficient (Wildman–Crippen LogP) is 3.39. The Morgan fingerprint density at radius 2 is 1.92 bits per heavy atom. The molecule has 0 fully saturated rings. The van der Waals surface area contributed by atoms with Gasteiger partial charge in [0.1, 0.15) is 5.82 Å². The molecule has 0 aromatic heterocycles. The highest BCUT2D eigenvalue weighted by Crippen LogP contribution is 2.30. The van der Waals surface area contributed by atoms with Crippen molar-refractivity contribution in [3.8, 4) is 11.5 Å². The minimum Gasteiger partial charge on any atom is -0.493 e. The van der Waals surface area contributed by atoms with Crippen molar-refractivity contribution in [2.75, 3.05) is 7.11 Å². The van der Waals surface area contributed by atoms with Crippen molar-refractivity contribution in [3.63, 3.8) is 0 Å². The summed E-state index contributed by atoms with van der Waals surface area (Å²) in [6.07, 6.45) is 1.43. The van der Waals surface area contributed by atoms with E-state index in [1.165, 1.54) is 30.5 Å². The van der Waals surface area contributed by atoms with Gasteiger partial charge < -0.3 is 9.47 Å². The number of nitrogens with one attached hydrogen (secondary N) is 1. The quantitative estimate of drug-likeness (QED) is 0.652. The molecule has 0 radical (unpaired) electrons. The van der Waals surface area contributed by atoms with Gasteiger partial charge in [0.2, 0.25) is 0 Å². The van der Waals surface area contributed by atoms with Gasteiger partial charge in [0, 0.05) is 11.1 Å². The lowest BCUT2D eigenvalue weighted by Crippen LogP contribution is -2.17. The van der Waals surface area contributed by atoms with Gasteiger partial charge in [-0.3, -0.25) is 4.79 Å². The van der Waals surface area contributed by atoms with Crippen LogP contribution in [0.15, 0.2) is 47.6 Å². The van der Waals surface area contributed by atoms with E-state index in [9.17, 15) is 9.18 Å². The molecule has 2 aromatic rings. The Morgan fingerprint density at radius 3 is 2.54 bits per heavy atom. The lowest BCUT2D eigenvalue weighted by Gasteiger charge is -2.15. The van der Waals surface area contributed by atoms with Crippen LogP contribution in [0.5, 0.6) is 11.5 Å². The maximum atomic E-state index is 12.9. The average molecular weight is 330 g/mol. The minimum absolute atomic E-state index is 0.0396. The van der Waals surface area contributed by atoms with E-state index in [1.54, 1.807) is 25.3 Å². The van der Waals surface area contributed by atoms with Crippen LogP contribution in [-0.2, 0) is 0 Å². The fraction of sp³-hybridized carbons (Fsp3) is 0.222. The summed E-state index contributed by atoms with van der Waals surface area (Å²) >= 11 is 0. The Morgan fingerprint density at radius 1 is 1.21 bits per heavy atom. The second-order valence-corrected chi connectivity index (χ2v) is 5.25. The molecule has 0 unspecified atom stereocenters. The summed E-state index contributed by atoms with van der Waals surface area (Å²) in [5.41, 5.74) is 3.38. The summed E-state index contributed by atoms with van der Waals surface area (Å²) in [5, 5.41) is 3.93. The lowest BCUT2D eigenvalue weighted by molar-refractivity contribution is 0.0955. The average Bonchev–Trinajstić information content (AvgIpc) is 2.56. The van der Waals surface area contributed by atoms with E-state index in [1.807, 2.05) is 13.8 Å². The number of benzene rings is 2. The van der Waals surface area contributed by atoms with Gasteiger partial charge in [-0.2, -0.15) is 5.10 Å². The van der Waals surface area contributed by atoms with Crippen LogP contribution in [0, 0.1) is 5.82 Å². The smallest absolute Gasteiger partial charge is 0.271 e. The van der Waals surface area contributed by atoms with Crippen LogP contribution in [0.25, 0.3) is 0 Å². The number of rotatable bonds is 6. The largest absolute Gasteiger partial charge is 0.493 e. The Hall–Kier alpha value is -2.89. The molecule has 1 N–H and O–H groups in total. The van der Waals surface area contributed by atoms with Crippen LogP contribution in [0.3, 0.4) is 0 Å². The Bertz CT molecular complexity index is 728. The van der Waals surface area contributed by atoms with Gasteiger partial charge in [-0.15, -0.1) is 0 Å². The SMILES string of the molecule is COc1cccc(/C=N\NC(=O)c2ccc(F)cc2)c1OC(C)C. The van der Waals surface area contributed by atoms with Crippen molar-refractivity contribution in [2.45, 2.75) is 20.0 Å². The van der Waals surface area contributed by atoms with Gasteiger partial charge in [-0.1, -0.05) is 6.07 Å². The molecule has 126 valence electrons. The number of halogens is 1. The van der Waals surface area contributed by atoms with Crippen molar-refractivity contribution in [1.29, 1.82) is 0 Å². The Labute approximate surface area is 140 Å². The molecular weight excluding hydrogens is 311 g/mol. The first kappa shape index (κ1) is 17.5. The van der Waals surface area contributed by atoms with Crippen molar-refractivity contribution < 1.29 is 18.7 Å². The molecule has 0 aliphatic rings. The molecule has 0 bridgehead atoms. The Balaban J connectivity index is 2.13. The second-order valence-electron chi connectivity index (χ2n) is 5.25. The standard InChI is InChI=1S/C18H19FN2O3/c1-12(2)24-17-14(5-4-6-16(17)23-3)11-20-21-18(22)13-7-9-15(19)10-8-13/h4-12H,1-3H3,(H,21,22)/b20-11-. The number of ether oxygens (including phenoxy) is 2. The molecule has 0 spiro atoms. The molecule has 2 aromatic carbocycles. The molecule has 6 heteroatoms. The van der Waals surface area contributed by atoms with Gasteiger partial charge in [0.15, 0.2) is 11.5 Å². The maximum absolute atomic E-state index is 12.9. The number of hydrazone groups is 1. The summed E-state index contributed by atoms with van der Waals surface area (Å²) in [6, 6.07) is 10.6. The number of para-hydroxylation sites is 1. The maximum Gasteiger partial charge on any atom is 0.271 e. The van der Waals surface area contributed by atoms with E-state index >= 15 is 0 Å². The summed E-state index contributed by atoms with van der Waals surface area (Å²) in [6.45, 7) is 3.81. The van der Waals surface area contributed by atoms with Gasteiger partial charge in [-0.05, 0) is 50.2 Å². The van der Waals surface area contributed by atoms with Crippen LogP contribution in [-0.4, -0.2) is 25.3 Å². The number of carbonyl (C=O) groups excluding carboxylic acids is 1. The topological polar surface area (TPSA) is 59.9 Å². The second kappa shape index (κ2) is 8.10. The molecule has 0 heterocycles. The molecular formula is C18H19FN2O3. The highest BCUT2D eigenvalue weighted by molar-refractivity contribution is 5.95. The molecule has 0 aliphatic carbocycles. The molecule has 0 atom stereocenters. The van der Waals surface area contributed by atoms with Gasteiger partial charge in [-0.25, -0.2) is 9.82 Å². The third-order valence-electron chi connectivity index (χ3n) is 3.06. The first-order valence-corrected chi connectivity index (χ1v) is 7.44. The minimum atomic E-state index is -0.430. The first-order valence-electron chi connectivity index (χ1n) is 7.44. The zero-order chi connectivity index (χ0) is 17.5. The van der Waals surface area contributed by atoms with Crippen molar-refractivity contribution >= 4 is 12.1 Å². The molecule has 1 amide bonds. The number of hydrogen-bond acceptors (Lipinski definition) is 4. The summed E-state index contributed by atoms with van der Waals surface area (Å²) in [4.78, 5) is 11.9. The molecule has 2 rings (SSSR count). The van der Waals surface area contributed by atoms with E-state index in [-0.39, 0.29) is 6.10 Å². The summed E-state index contributed by atoms with van der Waals surface area (Å²) in [7, 11) is 1.56. The van der Waals surface area contributed by atoms with Gasteiger partial charge in [0.05, 0.1) is 19.4 Å². The molecule has 24 heavy (non-hydrogen) atoms. The third-order valence-corrected chi connectivity index (χ3v) is 3.06. The zero-order valence-corrected chi connectivity index (χ0v) is 13.7. The number of methoxy groups -OCH3 is 1. The predicted molar refractivity (Wildman–Crippen MR) is 90.2 cm³/mol. The third kappa shape index (κ3) is 4.55. The number of carbonyl (C=O) groups is 1. The van der Waals surface area contributed by atoms with Crippen LogP contribution in [0.2, 0.25) is 0 Å². The zero-order valence-electron chi connectivity index (χ0n) is 13.7.